The van der Waals surface area contributed by atoms with E-state index in [1.54, 1.807) is 30.0 Å². The summed E-state index contributed by atoms with van der Waals surface area (Å²) in [6.07, 6.45) is 0. The number of fused-ring (bicyclic) bond motifs is 3. The van der Waals surface area contributed by atoms with E-state index in [0.717, 1.165) is 16.6 Å². The third-order valence-electron chi connectivity index (χ3n) is 5.95. The van der Waals surface area contributed by atoms with Gasteiger partial charge in [0.25, 0.3) is 0 Å². The van der Waals surface area contributed by atoms with Gasteiger partial charge in [0.1, 0.15) is 0 Å². The van der Waals surface area contributed by atoms with Gasteiger partial charge in [-0.25, -0.2) is 4.98 Å². The summed E-state index contributed by atoms with van der Waals surface area (Å²) in [7, 11) is 0. The molecule has 0 fully saturated rings. The lowest BCUT2D eigenvalue weighted by molar-refractivity contribution is -0.153. The average Bonchev–Trinajstić information content (AvgIpc) is 3.22. The number of ether oxygens (including phenoxy) is 1. The number of carbonyl (C=O) groups is 2. The molecule has 1 aliphatic heterocycles. The summed E-state index contributed by atoms with van der Waals surface area (Å²) in [5.41, 5.74) is 3.11. The molecule has 1 aliphatic rings. The van der Waals surface area contributed by atoms with E-state index in [1.165, 1.54) is 0 Å². The van der Waals surface area contributed by atoms with Crippen molar-refractivity contribution in [2.45, 2.75) is 19.5 Å². The second-order valence-corrected chi connectivity index (χ2v) is 8.84. The maximum absolute atomic E-state index is 13.9. The standard InChI is InChI=1S/C26H21Cl2N3O3/c1-2-34-25(33)22-23(17-12-13-18(27)19(28)14-17)31-21-11-7-6-10-20(21)29-26(31)30(24(22)32)15-16-8-4-3-5-9-16/h3-14,22-23H,2,15H2,1H3. The fourth-order valence-corrected chi connectivity index (χ4v) is 4.77. The molecule has 0 saturated carbocycles. The van der Waals surface area contributed by atoms with Crippen LogP contribution in [0.15, 0.2) is 72.8 Å². The molecule has 5 rings (SSSR count). The Morgan fingerprint density at radius 1 is 1.00 bits per heavy atom. The molecule has 0 bridgehead atoms. The highest BCUT2D eigenvalue weighted by molar-refractivity contribution is 6.42. The third kappa shape index (κ3) is 3.83. The van der Waals surface area contributed by atoms with Gasteiger partial charge in [-0.3, -0.25) is 14.5 Å². The Bertz CT molecular complexity index is 1390. The Morgan fingerprint density at radius 2 is 1.74 bits per heavy atom. The number of benzene rings is 3. The van der Waals surface area contributed by atoms with Gasteiger partial charge in [0.2, 0.25) is 11.9 Å². The largest absolute Gasteiger partial charge is 0.465 e. The van der Waals surface area contributed by atoms with Gasteiger partial charge in [0.15, 0.2) is 5.92 Å². The lowest BCUT2D eigenvalue weighted by Crippen LogP contribution is -2.49. The van der Waals surface area contributed by atoms with Crippen molar-refractivity contribution in [1.29, 1.82) is 0 Å². The Kier molecular flexibility index (Phi) is 6.02. The molecule has 172 valence electrons. The molecular weight excluding hydrogens is 473 g/mol. The zero-order valence-corrected chi connectivity index (χ0v) is 19.8. The van der Waals surface area contributed by atoms with Crippen LogP contribution in [0.1, 0.15) is 24.1 Å². The van der Waals surface area contributed by atoms with E-state index in [-0.39, 0.29) is 19.1 Å². The number of para-hydroxylation sites is 2. The highest BCUT2D eigenvalue weighted by Gasteiger charge is 2.48. The van der Waals surface area contributed by atoms with Gasteiger partial charge >= 0.3 is 5.97 Å². The molecule has 0 N–H and O–H groups in total. The van der Waals surface area contributed by atoms with Gasteiger partial charge in [-0.15, -0.1) is 0 Å². The van der Waals surface area contributed by atoms with Crippen molar-refractivity contribution in [3.63, 3.8) is 0 Å². The first kappa shape index (κ1) is 22.4. The van der Waals surface area contributed by atoms with Crippen molar-refractivity contribution in [1.82, 2.24) is 9.55 Å². The van der Waals surface area contributed by atoms with E-state index >= 15 is 0 Å². The fraction of sp³-hybridized carbons (Fsp3) is 0.192. The number of esters is 1. The van der Waals surface area contributed by atoms with Crippen molar-refractivity contribution in [2.75, 3.05) is 11.5 Å². The number of hydrogen-bond donors (Lipinski definition) is 0. The number of aromatic nitrogens is 2. The second kappa shape index (κ2) is 9.12. The molecule has 0 aliphatic carbocycles. The fourth-order valence-electron chi connectivity index (χ4n) is 4.46. The maximum atomic E-state index is 13.9. The van der Waals surface area contributed by atoms with Crippen LogP contribution >= 0.6 is 23.2 Å². The van der Waals surface area contributed by atoms with E-state index < -0.39 is 17.9 Å². The highest BCUT2D eigenvalue weighted by Crippen LogP contribution is 2.42. The van der Waals surface area contributed by atoms with Crippen molar-refractivity contribution in [2.24, 2.45) is 5.92 Å². The van der Waals surface area contributed by atoms with E-state index in [2.05, 4.69) is 0 Å². The minimum Gasteiger partial charge on any atom is -0.465 e. The van der Waals surface area contributed by atoms with E-state index in [0.29, 0.717) is 21.6 Å². The van der Waals surface area contributed by atoms with Gasteiger partial charge in [0, 0.05) is 0 Å². The molecule has 2 unspecified atom stereocenters. The Morgan fingerprint density at radius 3 is 2.47 bits per heavy atom. The SMILES string of the molecule is CCOC(=O)C1C(=O)N(Cc2ccccc2)c2nc3ccccc3n2C1c1ccc(Cl)c(Cl)c1. The predicted octanol–water partition coefficient (Wildman–Crippen LogP) is 5.66. The molecule has 34 heavy (non-hydrogen) atoms. The molecule has 6 nitrogen and oxygen atoms in total. The molecular formula is C26H21Cl2N3O3. The van der Waals surface area contributed by atoms with Gasteiger partial charge in [-0.2, -0.15) is 0 Å². The quantitative estimate of drug-likeness (QED) is 0.265. The maximum Gasteiger partial charge on any atom is 0.321 e. The first-order chi connectivity index (χ1) is 16.5. The van der Waals surface area contributed by atoms with Gasteiger partial charge in [-0.1, -0.05) is 71.7 Å². The summed E-state index contributed by atoms with van der Waals surface area (Å²) in [5.74, 6) is -1.62. The number of halogens is 2. The minimum absolute atomic E-state index is 0.160. The third-order valence-corrected chi connectivity index (χ3v) is 6.69. The monoisotopic (exact) mass is 493 g/mol. The van der Waals surface area contributed by atoms with Crippen LogP contribution in [0.5, 0.6) is 0 Å². The Balaban J connectivity index is 1.76. The number of nitrogens with zero attached hydrogens (tertiary/aromatic N) is 3. The van der Waals surface area contributed by atoms with E-state index in [9.17, 15) is 9.59 Å². The summed E-state index contributed by atoms with van der Waals surface area (Å²) in [4.78, 5) is 33.5. The lowest BCUT2D eigenvalue weighted by Gasteiger charge is -2.38. The summed E-state index contributed by atoms with van der Waals surface area (Å²) in [6.45, 7) is 2.15. The van der Waals surface area contributed by atoms with Crippen LogP contribution in [0.4, 0.5) is 5.95 Å². The first-order valence-corrected chi connectivity index (χ1v) is 11.7. The van der Waals surface area contributed by atoms with E-state index in [1.807, 2.05) is 59.2 Å². The van der Waals surface area contributed by atoms with E-state index in [4.69, 9.17) is 32.9 Å². The molecule has 8 heteroatoms. The predicted molar refractivity (Wildman–Crippen MR) is 132 cm³/mol. The molecule has 3 aromatic carbocycles. The van der Waals surface area contributed by atoms with Crippen molar-refractivity contribution >= 4 is 52.1 Å². The number of imidazole rings is 1. The van der Waals surface area contributed by atoms with Crippen LogP contribution in [0.2, 0.25) is 10.0 Å². The molecule has 0 spiro atoms. The smallest absolute Gasteiger partial charge is 0.321 e. The number of rotatable bonds is 5. The van der Waals surface area contributed by atoms with Crippen LogP contribution in [-0.2, 0) is 20.9 Å². The van der Waals surface area contributed by atoms with Crippen LogP contribution in [0.25, 0.3) is 11.0 Å². The van der Waals surface area contributed by atoms with Crippen LogP contribution < -0.4 is 4.90 Å². The highest BCUT2D eigenvalue weighted by atomic mass is 35.5. The van der Waals surface area contributed by atoms with Crippen molar-refractivity contribution in [3.8, 4) is 0 Å². The lowest BCUT2D eigenvalue weighted by atomic mass is 9.89. The second-order valence-electron chi connectivity index (χ2n) is 8.03. The first-order valence-electron chi connectivity index (χ1n) is 10.9. The molecule has 0 radical (unpaired) electrons. The van der Waals surface area contributed by atoms with Crippen molar-refractivity contribution in [3.05, 3.63) is 94.0 Å². The van der Waals surface area contributed by atoms with Gasteiger partial charge in [0.05, 0.1) is 40.3 Å². The molecule has 0 saturated heterocycles. The molecule has 1 aromatic heterocycles. The number of anilines is 1. The van der Waals surface area contributed by atoms with Crippen LogP contribution in [0, 0.1) is 5.92 Å². The zero-order chi connectivity index (χ0) is 23.8. The Hall–Kier alpha value is -3.35. The summed E-state index contributed by atoms with van der Waals surface area (Å²) in [5, 5.41) is 0.730. The van der Waals surface area contributed by atoms with Gasteiger partial charge < -0.3 is 9.30 Å². The molecule has 2 heterocycles. The van der Waals surface area contributed by atoms with Gasteiger partial charge in [-0.05, 0) is 42.3 Å². The number of amides is 1. The van der Waals surface area contributed by atoms with Crippen LogP contribution in [0.3, 0.4) is 0 Å². The average molecular weight is 494 g/mol. The summed E-state index contributed by atoms with van der Waals surface area (Å²) >= 11 is 12.5. The topological polar surface area (TPSA) is 64.4 Å². The van der Waals surface area contributed by atoms with Crippen LogP contribution in [-0.4, -0.2) is 28.0 Å². The molecule has 4 aromatic rings. The minimum atomic E-state index is -1.12. The molecule has 2 atom stereocenters. The van der Waals surface area contributed by atoms with Crippen molar-refractivity contribution < 1.29 is 14.3 Å². The summed E-state index contributed by atoms with van der Waals surface area (Å²) < 4.78 is 7.31. The number of carbonyl (C=O) groups excluding carboxylic acids is 2. The summed E-state index contributed by atoms with van der Waals surface area (Å²) in [6, 6.07) is 21.7. The molecule has 1 amide bonds. The Labute approximate surface area is 206 Å². The normalized spacial score (nSPS) is 17.6. The number of hydrogen-bond acceptors (Lipinski definition) is 4. The zero-order valence-electron chi connectivity index (χ0n) is 18.3.